The van der Waals surface area contributed by atoms with Gasteiger partial charge in [-0.15, -0.1) is 0 Å². The standard InChI is InChI=1S/C20H27N/c1-15(2)19(17-11-7-5-8-12-17)21-20(16(3)4)18-13-9-6-10-14-18/h5-16,19-21H,1-4H3. The van der Waals surface area contributed by atoms with E-state index in [4.69, 9.17) is 0 Å². The van der Waals surface area contributed by atoms with E-state index in [0.29, 0.717) is 23.9 Å². The van der Waals surface area contributed by atoms with Gasteiger partial charge in [0.1, 0.15) is 0 Å². The Bertz CT molecular complexity index is 467. The molecule has 112 valence electrons. The van der Waals surface area contributed by atoms with E-state index >= 15 is 0 Å². The molecule has 0 aliphatic heterocycles. The average molecular weight is 281 g/mol. The zero-order valence-electron chi connectivity index (χ0n) is 13.6. The number of hydrogen-bond donors (Lipinski definition) is 1. The zero-order chi connectivity index (χ0) is 15.2. The van der Waals surface area contributed by atoms with Gasteiger partial charge in [0.15, 0.2) is 0 Å². The highest BCUT2D eigenvalue weighted by molar-refractivity contribution is 5.23. The van der Waals surface area contributed by atoms with E-state index in [0.717, 1.165) is 0 Å². The quantitative estimate of drug-likeness (QED) is 0.750. The summed E-state index contributed by atoms with van der Waals surface area (Å²) in [5.41, 5.74) is 2.74. The van der Waals surface area contributed by atoms with Gasteiger partial charge in [0.2, 0.25) is 0 Å². The van der Waals surface area contributed by atoms with Crippen LogP contribution in [-0.4, -0.2) is 0 Å². The Kier molecular flexibility index (Phi) is 5.58. The lowest BCUT2D eigenvalue weighted by molar-refractivity contribution is 0.313. The summed E-state index contributed by atoms with van der Waals surface area (Å²) in [5.74, 6) is 1.11. The third-order valence-corrected chi connectivity index (χ3v) is 4.01. The van der Waals surface area contributed by atoms with Crippen molar-refractivity contribution in [2.24, 2.45) is 11.8 Å². The van der Waals surface area contributed by atoms with E-state index in [1.807, 2.05) is 0 Å². The molecule has 2 aromatic rings. The van der Waals surface area contributed by atoms with Crippen molar-refractivity contribution >= 4 is 0 Å². The molecule has 0 saturated carbocycles. The normalized spacial score (nSPS) is 14.4. The first-order chi connectivity index (χ1) is 10.1. The summed E-state index contributed by atoms with van der Waals surface area (Å²) in [5, 5.41) is 3.89. The lowest BCUT2D eigenvalue weighted by Crippen LogP contribution is -2.32. The smallest absolute Gasteiger partial charge is 0.0348 e. The van der Waals surface area contributed by atoms with Gasteiger partial charge >= 0.3 is 0 Å². The first kappa shape index (κ1) is 15.8. The van der Waals surface area contributed by atoms with Crippen LogP contribution in [-0.2, 0) is 0 Å². The fraction of sp³-hybridized carbons (Fsp3) is 0.400. The first-order valence-electron chi connectivity index (χ1n) is 7.95. The van der Waals surface area contributed by atoms with Crippen molar-refractivity contribution in [3.05, 3.63) is 71.8 Å². The lowest BCUT2D eigenvalue weighted by atomic mass is 9.90. The Morgan fingerprint density at radius 2 is 0.905 bits per heavy atom. The van der Waals surface area contributed by atoms with E-state index in [1.54, 1.807) is 0 Å². The number of rotatable bonds is 6. The van der Waals surface area contributed by atoms with Crippen molar-refractivity contribution in [2.75, 3.05) is 0 Å². The third-order valence-electron chi connectivity index (χ3n) is 4.01. The Labute approximate surface area is 129 Å². The zero-order valence-corrected chi connectivity index (χ0v) is 13.6. The number of benzene rings is 2. The largest absolute Gasteiger partial charge is 0.303 e. The van der Waals surface area contributed by atoms with Gasteiger partial charge in [-0.2, -0.15) is 0 Å². The summed E-state index contributed by atoms with van der Waals surface area (Å²) >= 11 is 0. The molecule has 0 aromatic heterocycles. The SMILES string of the molecule is CC(C)C(NC(c1ccccc1)C(C)C)c1ccccc1. The van der Waals surface area contributed by atoms with Crippen molar-refractivity contribution in [3.63, 3.8) is 0 Å². The summed E-state index contributed by atoms with van der Waals surface area (Å²) in [6.07, 6.45) is 0. The lowest BCUT2D eigenvalue weighted by Gasteiger charge is -2.31. The van der Waals surface area contributed by atoms with Crippen LogP contribution >= 0.6 is 0 Å². The molecule has 2 rings (SSSR count). The Morgan fingerprint density at radius 1 is 0.571 bits per heavy atom. The highest BCUT2D eigenvalue weighted by atomic mass is 15.0. The van der Waals surface area contributed by atoms with Crippen LogP contribution in [0.1, 0.15) is 50.9 Å². The fourth-order valence-corrected chi connectivity index (χ4v) is 2.86. The van der Waals surface area contributed by atoms with E-state index in [2.05, 4.69) is 93.7 Å². The predicted octanol–water partition coefficient (Wildman–Crippen LogP) is 5.37. The van der Waals surface area contributed by atoms with Crippen molar-refractivity contribution in [1.29, 1.82) is 0 Å². The van der Waals surface area contributed by atoms with Crippen molar-refractivity contribution in [3.8, 4) is 0 Å². The van der Waals surface area contributed by atoms with Crippen molar-refractivity contribution in [1.82, 2.24) is 5.32 Å². The van der Waals surface area contributed by atoms with Gasteiger partial charge in [0, 0.05) is 12.1 Å². The molecular formula is C20H27N. The van der Waals surface area contributed by atoms with Gasteiger partial charge in [-0.3, -0.25) is 0 Å². The van der Waals surface area contributed by atoms with E-state index in [-0.39, 0.29) is 0 Å². The Hall–Kier alpha value is -1.60. The minimum Gasteiger partial charge on any atom is -0.303 e. The molecule has 1 heteroatoms. The molecule has 0 aliphatic carbocycles. The van der Waals surface area contributed by atoms with Crippen LogP contribution in [0.25, 0.3) is 0 Å². The Morgan fingerprint density at radius 3 is 1.19 bits per heavy atom. The topological polar surface area (TPSA) is 12.0 Å². The third kappa shape index (κ3) is 4.18. The van der Waals surface area contributed by atoms with Crippen molar-refractivity contribution < 1.29 is 0 Å². The summed E-state index contributed by atoms with van der Waals surface area (Å²) in [6, 6.07) is 22.3. The van der Waals surface area contributed by atoms with Crippen molar-refractivity contribution in [2.45, 2.75) is 39.8 Å². The van der Waals surface area contributed by atoms with Gasteiger partial charge in [-0.25, -0.2) is 0 Å². The average Bonchev–Trinajstić information content (AvgIpc) is 2.49. The number of hydrogen-bond acceptors (Lipinski definition) is 1. The molecule has 0 bridgehead atoms. The molecule has 1 N–H and O–H groups in total. The minimum absolute atomic E-state index is 0.374. The van der Waals surface area contributed by atoms with Gasteiger partial charge in [0.25, 0.3) is 0 Å². The van der Waals surface area contributed by atoms with E-state index < -0.39 is 0 Å². The summed E-state index contributed by atoms with van der Waals surface area (Å²) < 4.78 is 0. The van der Waals surface area contributed by atoms with Gasteiger partial charge in [-0.1, -0.05) is 88.4 Å². The molecule has 1 nitrogen and oxygen atoms in total. The second kappa shape index (κ2) is 7.42. The molecule has 0 radical (unpaired) electrons. The minimum atomic E-state index is 0.374. The van der Waals surface area contributed by atoms with Crippen LogP contribution in [0.3, 0.4) is 0 Å². The van der Waals surface area contributed by atoms with Gasteiger partial charge < -0.3 is 5.32 Å². The molecule has 21 heavy (non-hydrogen) atoms. The van der Waals surface area contributed by atoms with Crippen LogP contribution in [0.4, 0.5) is 0 Å². The molecule has 2 unspecified atom stereocenters. The van der Waals surface area contributed by atoms with Crippen LogP contribution in [0.5, 0.6) is 0 Å². The van der Waals surface area contributed by atoms with Gasteiger partial charge in [0.05, 0.1) is 0 Å². The molecule has 0 heterocycles. The van der Waals surface area contributed by atoms with E-state index in [9.17, 15) is 0 Å². The molecule has 0 aliphatic rings. The highest BCUT2D eigenvalue weighted by Gasteiger charge is 2.23. The maximum absolute atomic E-state index is 3.89. The maximum atomic E-state index is 3.89. The summed E-state index contributed by atoms with van der Waals surface area (Å²) in [6.45, 7) is 9.14. The van der Waals surface area contributed by atoms with Gasteiger partial charge in [-0.05, 0) is 23.0 Å². The monoisotopic (exact) mass is 281 g/mol. The maximum Gasteiger partial charge on any atom is 0.0348 e. The molecule has 0 saturated heterocycles. The summed E-state index contributed by atoms with van der Waals surface area (Å²) in [4.78, 5) is 0. The molecule has 2 atom stereocenters. The van der Waals surface area contributed by atoms with E-state index in [1.165, 1.54) is 11.1 Å². The summed E-state index contributed by atoms with van der Waals surface area (Å²) in [7, 11) is 0. The van der Waals surface area contributed by atoms with Crippen LogP contribution < -0.4 is 5.32 Å². The fourth-order valence-electron chi connectivity index (χ4n) is 2.86. The second-order valence-corrected chi connectivity index (χ2v) is 6.43. The highest BCUT2D eigenvalue weighted by Crippen LogP contribution is 2.29. The Balaban J connectivity index is 2.25. The molecule has 0 amide bonds. The second-order valence-electron chi connectivity index (χ2n) is 6.43. The molecular weight excluding hydrogens is 254 g/mol. The van der Waals surface area contributed by atoms with Crippen LogP contribution in [0.2, 0.25) is 0 Å². The molecule has 0 spiro atoms. The predicted molar refractivity (Wildman–Crippen MR) is 91.2 cm³/mol. The number of nitrogens with one attached hydrogen (secondary N) is 1. The van der Waals surface area contributed by atoms with Crippen LogP contribution in [0.15, 0.2) is 60.7 Å². The van der Waals surface area contributed by atoms with Crippen LogP contribution in [0, 0.1) is 11.8 Å². The first-order valence-corrected chi connectivity index (χ1v) is 7.95. The molecule has 0 fully saturated rings. The molecule has 2 aromatic carbocycles.